The van der Waals surface area contributed by atoms with Crippen molar-refractivity contribution in [3.63, 3.8) is 0 Å². The number of carbonyl (C=O) groups is 1. The van der Waals surface area contributed by atoms with E-state index in [2.05, 4.69) is 0 Å². The molecule has 2 aliphatic carbocycles. The van der Waals surface area contributed by atoms with Crippen molar-refractivity contribution in [1.82, 2.24) is 0 Å². The average Bonchev–Trinajstić information content (AvgIpc) is 3.09. The van der Waals surface area contributed by atoms with Gasteiger partial charge in [0.15, 0.2) is 0 Å². The molecule has 0 N–H and O–H groups in total. The SMILES string of the molecule is O=C(O[C@H]1C[C@H]2CC[C@H]1C2)c1cc2cc(Cl)ccc2oc1=O. The lowest BCUT2D eigenvalue weighted by Crippen LogP contribution is -2.26. The molecule has 0 amide bonds. The molecular formula is C17H15ClO4. The number of hydrogen-bond donors (Lipinski definition) is 0. The fourth-order valence-electron chi connectivity index (χ4n) is 3.77. The minimum Gasteiger partial charge on any atom is -0.458 e. The number of esters is 1. The minimum atomic E-state index is -0.664. The lowest BCUT2D eigenvalue weighted by Gasteiger charge is -2.21. The van der Waals surface area contributed by atoms with Crippen LogP contribution >= 0.6 is 11.6 Å². The number of hydrogen-bond acceptors (Lipinski definition) is 4. The lowest BCUT2D eigenvalue weighted by molar-refractivity contribution is 0.0154. The molecule has 1 aromatic carbocycles. The van der Waals surface area contributed by atoms with Gasteiger partial charge in [0.1, 0.15) is 17.3 Å². The van der Waals surface area contributed by atoms with Crippen LogP contribution in [-0.4, -0.2) is 12.1 Å². The molecule has 2 aliphatic rings. The zero-order valence-electron chi connectivity index (χ0n) is 11.9. The van der Waals surface area contributed by atoms with E-state index < -0.39 is 11.6 Å². The molecule has 4 nitrogen and oxygen atoms in total. The number of benzene rings is 1. The van der Waals surface area contributed by atoms with Crippen LogP contribution in [0.2, 0.25) is 5.02 Å². The van der Waals surface area contributed by atoms with Gasteiger partial charge in [-0.05, 0) is 61.8 Å². The van der Waals surface area contributed by atoms with Crippen LogP contribution < -0.4 is 5.63 Å². The summed E-state index contributed by atoms with van der Waals surface area (Å²) in [4.78, 5) is 24.3. The molecule has 0 radical (unpaired) electrons. The van der Waals surface area contributed by atoms with Gasteiger partial charge in [-0.25, -0.2) is 9.59 Å². The van der Waals surface area contributed by atoms with E-state index in [1.54, 1.807) is 18.2 Å². The first-order valence-electron chi connectivity index (χ1n) is 7.54. The molecule has 3 atom stereocenters. The number of ether oxygens (including phenoxy) is 1. The molecule has 2 fully saturated rings. The van der Waals surface area contributed by atoms with E-state index in [1.165, 1.54) is 12.5 Å². The van der Waals surface area contributed by atoms with Crippen molar-refractivity contribution in [2.75, 3.05) is 0 Å². The van der Waals surface area contributed by atoms with E-state index >= 15 is 0 Å². The maximum atomic E-state index is 12.3. The molecule has 2 aromatic rings. The van der Waals surface area contributed by atoms with Gasteiger partial charge in [-0.15, -0.1) is 0 Å². The molecule has 2 bridgehead atoms. The Morgan fingerprint density at radius 1 is 1.23 bits per heavy atom. The molecule has 2 saturated carbocycles. The first-order chi connectivity index (χ1) is 10.6. The molecule has 5 heteroatoms. The number of carbonyl (C=O) groups excluding carboxylic acids is 1. The Bertz CT molecular complexity index is 810. The molecule has 0 spiro atoms. The summed E-state index contributed by atoms with van der Waals surface area (Å²) in [5, 5.41) is 1.14. The molecule has 114 valence electrons. The van der Waals surface area contributed by atoms with Gasteiger partial charge < -0.3 is 9.15 Å². The standard InChI is InChI=1S/C17H15ClO4/c18-12-3-4-14-11(7-12)8-13(16(19)21-14)17(20)22-15-6-9-1-2-10(15)5-9/h3-4,7-10,15H,1-2,5-6H2/t9-,10-,15-/m0/s1. The van der Waals surface area contributed by atoms with Crippen molar-refractivity contribution in [2.45, 2.75) is 31.8 Å². The Balaban J connectivity index is 1.63. The molecule has 0 unspecified atom stereocenters. The first kappa shape index (κ1) is 13.8. The van der Waals surface area contributed by atoms with E-state index in [0.717, 1.165) is 19.3 Å². The fourth-order valence-corrected chi connectivity index (χ4v) is 3.95. The summed E-state index contributed by atoms with van der Waals surface area (Å²) >= 11 is 5.93. The molecule has 4 rings (SSSR count). The molecule has 22 heavy (non-hydrogen) atoms. The summed E-state index contributed by atoms with van der Waals surface area (Å²) < 4.78 is 10.7. The molecule has 0 aliphatic heterocycles. The van der Waals surface area contributed by atoms with Crippen molar-refractivity contribution in [3.05, 3.63) is 45.3 Å². The smallest absolute Gasteiger partial charge is 0.351 e. The summed E-state index contributed by atoms with van der Waals surface area (Å²) in [7, 11) is 0. The quantitative estimate of drug-likeness (QED) is 0.624. The van der Waals surface area contributed by atoms with Gasteiger partial charge in [0, 0.05) is 10.4 Å². The Kier molecular flexibility index (Phi) is 3.22. The van der Waals surface area contributed by atoms with E-state index in [0.29, 0.717) is 27.8 Å². The van der Waals surface area contributed by atoms with E-state index in [4.69, 9.17) is 20.8 Å². The maximum Gasteiger partial charge on any atom is 0.351 e. The third-order valence-corrected chi connectivity index (χ3v) is 5.08. The molecular weight excluding hydrogens is 304 g/mol. The second-order valence-corrected chi connectivity index (χ2v) is 6.68. The predicted molar refractivity (Wildman–Crippen MR) is 82.1 cm³/mol. The Labute approximate surface area is 132 Å². The number of fused-ring (bicyclic) bond motifs is 3. The summed E-state index contributed by atoms with van der Waals surface area (Å²) in [5.41, 5.74) is -0.314. The summed E-state index contributed by atoms with van der Waals surface area (Å²) in [6.45, 7) is 0. The second kappa shape index (κ2) is 5.13. The lowest BCUT2D eigenvalue weighted by atomic mass is 9.98. The van der Waals surface area contributed by atoms with Gasteiger partial charge in [-0.1, -0.05) is 11.6 Å². The van der Waals surface area contributed by atoms with Crippen LogP contribution in [0, 0.1) is 11.8 Å². The Morgan fingerprint density at radius 3 is 2.82 bits per heavy atom. The van der Waals surface area contributed by atoms with Gasteiger partial charge in [-0.2, -0.15) is 0 Å². The number of rotatable bonds is 2. The van der Waals surface area contributed by atoms with Crippen molar-refractivity contribution in [2.24, 2.45) is 11.8 Å². The predicted octanol–water partition coefficient (Wildman–Crippen LogP) is 3.79. The highest BCUT2D eigenvalue weighted by molar-refractivity contribution is 6.31. The maximum absolute atomic E-state index is 12.3. The van der Waals surface area contributed by atoms with Crippen LogP contribution in [0.25, 0.3) is 11.0 Å². The largest absolute Gasteiger partial charge is 0.458 e. The van der Waals surface area contributed by atoms with Crippen LogP contribution in [0.15, 0.2) is 33.5 Å². The van der Waals surface area contributed by atoms with Crippen LogP contribution in [0.5, 0.6) is 0 Å². The van der Waals surface area contributed by atoms with Crippen LogP contribution in [0.1, 0.15) is 36.0 Å². The van der Waals surface area contributed by atoms with E-state index in [9.17, 15) is 9.59 Å². The minimum absolute atomic E-state index is 0.0549. The van der Waals surface area contributed by atoms with Crippen molar-refractivity contribution in [1.29, 1.82) is 0 Å². The van der Waals surface area contributed by atoms with Crippen molar-refractivity contribution in [3.8, 4) is 0 Å². The summed E-state index contributed by atoms with van der Waals surface area (Å²) in [6, 6.07) is 6.42. The highest BCUT2D eigenvalue weighted by Gasteiger charge is 2.42. The zero-order chi connectivity index (χ0) is 15.3. The van der Waals surface area contributed by atoms with Crippen LogP contribution in [0.4, 0.5) is 0 Å². The van der Waals surface area contributed by atoms with Gasteiger partial charge in [0.2, 0.25) is 0 Å². The monoisotopic (exact) mass is 318 g/mol. The van der Waals surface area contributed by atoms with E-state index in [-0.39, 0.29) is 11.7 Å². The van der Waals surface area contributed by atoms with Crippen molar-refractivity contribution < 1.29 is 13.9 Å². The van der Waals surface area contributed by atoms with Crippen LogP contribution in [0.3, 0.4) is 0 Å². The zero-order valence-corrected chi connectivity index (χ0v) is 12.6. The molecule has 1 aromatic heterocycles. The third kappa shape index (κ3) is 2.31. The highest BCUT2D eigenvalue weighted by atomic mass is 35.5. The fraction of sp³-hybridized carbons (Fsp3) is 0.412. The average molecular weight is 319 g/mol. The van der Waals surface area contributed by atoms with Crippen molar-refractivity contribution >= 4 is 28.5 Å². The molecule has 1 heterocycles. The summed E-state index contributed by atoms with van der Waals surface area (Å²) in [5.74, 6) is 0.540. The normalized spacial score (nSPS) is 26.5. The van der Waals surface area contributed by atoms with Gasteiger partial charge in [0.25, 0.3) is 0 Å². The van der Waals surface area contributed by atoms with Crippen LogP contribution in [-0.2, 0) is 4.74 Å². The topological polar surface area (TPSA) is 56.5 Å². The Morgan fingerprint density at radius 2 is 2.09 bits per heavy atom. The highest BCUT2D eigenvalue weighted by Crippen LogP contribution is 2.46. The second-order valence-electron chi connectivity index (χ2n) is 6.25. The van der Waals surface area contributed by atoms with Gasteiger partial charge in [-0.3, -0.25) is 0 Å². The Hall–Kier alpha value is -1.81. The third-order valence-electron chi connectivity index (χ3n) is 4.85. The first-order valence-corrected chi connectivity index (χ1v) is 7.92. The van der Waals surface area contributed by atoms with Gasteiger partial charge in [0.05, 0.1) is 0 Å². The van der Waals surface area contributed by atoms with Gasteiger partial charge >= 0.3 is 11.6 Å². The number of halogens is 1. The summed E-state index contributed by atoms with van der Waals surface area (Å²) in [6.07, 6.45) is 4.35. The van der Waals surface area contributed by atoms with E-state index in [1.807, 2.05) is 0 Å². The molecule has 0 saturated heterocycles.